The maximum atomic E-state index is 5.77. The lowest BCUT2D eigenvalue weighted by Crippen LogP contribution is -2.31. The Labute approximate surface area is 197 Å². The molecule has 2 atom stereocenters. The zero-order valence-electron chi connectivity index (χ0n) is 18.0. The Morgan fingerprint density at radius 2 is 1.94 bits per heavy atom. The van der Waals surface area contributed by atoms with Gasteiger partial charge in [0.15, 0.2) is 5.11 Å². The van der Waals surface area contributed by atoms with Gasteiger partial charge in [-0.1, -0.05) is 18.2 Å². The summed E-state index contributed by atoms with van der Waals surface area (Å²) >= 11 is 9.49. The molecular formula is C24H27BrN4OS. The van der Waals surface area contributed by atoms with Crippen molar-refractivity contribution >= 4 is 33.3 Å². The molecule has 1 aliphatic rings. The molecule has 162 valence electrons. The largest absolute Gasteiger partial charge is 0.385 e. The topological polar surface area (TPSA) is 42.3 Å². The van der Waals surface area contributed by atoms with Gasteiger partial charge in [-0.15, -0.1) is 0 Å². The molecular weight excluding hydrogens is 472 g/mol. The molecule has 4 rings (SSSR count). The van der Waals surface area contributed by atoms with Crippen molar-refractivity contribution in [2.75, 3.05) is 20.3 Å². The fourth-order valence-electron chi connectivity index (χ4n) is 4.45. The van der Waals surface area contributed by atoms with E-state index < -0.39 is 0 Å². The third-order valence-corrected chi connectivity index (χ3v) is 6.85. The number of pyridine rings is 1. The number of ether oxygens (including phenoxy) is 1. The van der Waals surface area contributed by atoms with E-state index in [0.29, 0.717) is 6.61 Å². The number of benzene rings is 1. The van der Waals surface area contributed by atoms with Crippen LogP contribution in [0.2, 0.25) is 0 Å². The maximum Gasteiger partial charge on any atom is 0.170 e. The van der Waals surface area contributed by atoms with Crippen molar-refractivity contribution in [2.24, 2.45) is 0 Å². The van der Waals surface area contributed by atoms with Gasteiger partial charge in [0.05, 0.1) is 23.5 Å². The van der Waals surface area contributed by atoms with E-state index in [1.165, 1.54) is 17.0 Å². The van der Waals surface area contributed by atoms with Gasteiger partial charge in [-0.05, 0) is 84.3 Å². The lowest BCUT2D eigenvalue weighted by atomic mass is 9.96. The number of rotatable bonds is 7. The first-order chi connectivity index (χ1) is 15.0. The zero-order chi connectivity index (χ0) is 22.0. The number of methoxy groups -OCH3 is 1. The second-order valence-corrected chi connectivity index (χ2v) is 9.02. The number of hydrogen-bond acceptors (Lipinski definition) is 3. The summed E-state index contributed by atoms with van der Waals surface area (Å²) < 4.78 is 8.68. The maximum absolute atomic E-state index is 5.77. The van der Waals surface area contributed by atoms with Crippen LogP contribution in [0.5, 0.6) is 0 Å². The molecule has 0 spiro atoms. The first kappa shape index (κ1) is 22.0. The molecule has 1 aromatic carbocycles. The van der Waals surface area contributed by atoms with Gasteiger partial charge in [0.25, 0.3) is 0 Å². The molecule has 3 heterocycles. The Hall–Kier alpha value is -2.22. The second kappa shape index (κ2) is 9.51. The van der Waals surface area contributed by atoms with E-state index in [1.807, 2.05) is 24.4 Å². The number of para-hydroxylation sites is 1. The van der Waals surface area contributed by atoms with Crippen LogP contribution in [0.1, 0.15) is 41.1 Å². The van der Waals surface area contributed by atoms with Crippen molar-refractivity contribution in [3.63, 3.8) is 0 Å². The standard InChI is InChI=1S/C24H27BrN4OS/c1-16-15-18(17(2)29(16)21-11-5-4-9-19(21)25)23-22(20-10-6-7-12-26-20)27-24(31)28(23)13-8-14-30-3/h4-7,9-12,15,22-23H,8,13-14H2,1-3H3,(H,27,31)/t22-,23+/m0/s1. The summed E-state index contributed by atoms with van der Waals surface area (Å²) in [6.45, 7) is 5.87. The van der Waals surface area contributed by atoms with E-state index in [-0.39, 0.29) is 12.1 Å². The van der Waals surface area contributed by atoms with Crippen LogP contribution in [0.3, 0.4) is 0 Å². The molecule has 0 aliphatic carbocycles. The molecule has 0 bridgehead atoms. The molecule has 1 aliphatic heterocycles. The highest BCUT2D eigenvalue weighted by Gasteiger charge is 2.41. The van der Waals surface area contributed by atoms with Crippen LogP contribution >= 0.6 is 28.1 Å². The van der Waals surface area contributed by atoms with Gasteiger partial charge >= 0.3 is 0 Å². The van der Waals surface area contributed by atoms with Gasteiger partial charge < -0.3 is 19.5 Å². The molecule has 1 fully saturated rings. The lowest BCUT2D eigenvalue weighted by molar-refractivity contribution is 0.180. The number of aryl methyl sites for hydroxylation is 1. The number of aromatic nitrogens is 2. The van der Waals surface area contributed by atoms with E-state index in [4.69, 9.17) is 17.0 Å². The van der Waals surface area contributed by atoms with E-state index in [2.05, 4.69) is 79.9 Å². The van der Waals surface area contributed by atoms with E-state index in [9.17, 15) is 0 Å². The van der Waals surface area contributed by atoms with Crippen molar-refractivity contribution in [3.8, 4) is 5.69 Å². The molecule has 0 amide bonds. The number of halogens is 1. The van der Waals surface area contributed by atoms with Crippen LogP contribution in [-0.2, 0) is 4.74 Å². The van der Waals surface area contributed by atoms with Crippen molar-refractivity contribution in [1.29, 1.82) is 0 Å². The van der Waals surface area contributed by atoms with Crippen molar-refractivity contribution in [1.82, 2.24) is 19.8 Å². The first-order valence-electron chi connectivity index (χ1n) is 10.4. The fourth-order valence-corrected chi connectivity index (χ4v) is 5.25. The average Bonchev–Trinajstić information content (AvgIpc) is 3.25. The molecule has 1 N–H and O–H groups in total. The van der Waals surface area contributed by atoms with Crippen molar-refractivity contribution in [2.45, 2.75) is 32.4 Å². The van der Waals surface area contributed by atoms with Crippen LogP contribution < -0.4 is 5.32 Å². The van der Waals surface area contributed by atoms with Crippen LogP contribution in [0.4, 0.5) is 0 Å². The molecule has 0 unspecified atom stereocenters. The first-order valence-corrected chi connectivity index (χ1v) is 11.6. The minimum atomic E-state index is -0.00981. The van der Waals surface area contributed by atoms with Crippen LogP contribution in [0.25, 0.3) is 5.69 Å². The van der Waals surface area contributed by atoms with Crippen molar-refractivity contribution in [3.05, 3.63) is 81.8 Å². The quantitative estimate of drug-likeness (QED) is 0.355. The van der Waals surface area contributed by atoms with Gasteiger partial charge in [-0.25, -0.2) is 0 Å². The predicted molar refractivity (Wildman–Crippen MR) is 132 cm³/mol. The van der Waals surface area contributed by atoms with Gasteiger partial charge in [0, 0.05) is 42.3 Å². The molecule has 0 radical (unpaired) electrons. The average molecular weight is 499 g/mol. The Morgan fingerprint density at radius 3 is 2.65 bits per heavy atom. The second-order valence-electron chi connectivity index (χ2n) is 7.78. The monoisotopic (exact) mass is 498 g/mol. The van der Waals surface area contributed by atoms with E-state index in [1.54, 1.807) is 7.11 Å². The SMILES string of the molecule is COCCCN1C(=S)N[C@@H](c2ccccn2)[C@H]1c1cc(C)n(-c2ccccc2Br)c1C. The number of hydrogen-bond donors (Lipinski definition) is 1. The summed E-state index contributed by atoms with van der Waals surface area (Å²) in [5, 5.41) is 4.30. The summed E-state index contributed by atoms with van der Waals surface area (Å²) in [5.41, 5.74) is 5.79. The van der Waals surface area contributed by atoms with Crippen LogP contribution in [0.15, 0.2) is 59.2 Å². The Balaban J connectivity index is 1.80. The predicted octanol–water partition coefficient (Wildman–Crippen LogP) is 5.26. The molecule has 2 aromatic heterocycles. The lowest BCUT2D eigenvalue weighted by Gasteiger charge is -2.28. The third kappa shape index (κ3) is 4.27. The summed E-state index contributed by atoms with van der Waals surface area (Å²) in [6.07, 6.45) is 2.75. The summed E-state index contributed by atoms with van der Waals surface area (Å²) in [7, 11) is 1.74. The highest BCUT2D eigenvalue weighted by atomic mass is 79.9. The highest BCUT2D eigenvalue weighted by molar-refractivity contribution is 9.10. The number of nitrogens with one attached hydrogen (secondary N) is 1. The van der Waals surface area contributed by atoms with Gasteiger partial charge in [0.1, 0.15) is 0 Å². The highest BCUT2D eigenvalue weighted by Crippen LogP contribution is 2.41. The Bertz CT molecular complexity index is 1070. The molecule has 0 saturated carbocycles. The molecule has 3 aromatic rings. The summed E-state index contributed by atoms with van der Waals surface area (Å²) in [6, 6.07) is 16.7. The van der Waals surface area contributed by atoms with Gasteiger partial charge in [-0.2, -0.15) is 0 Å². The normalized spacial score (nSPS) is 18.5. The minimum Gasteiger partial charge on any atom is -0.385 e. The molecule has 31 heavy (non-hydrogen) atoms. The van der Waals surface area contributed by atoms with Gasteiger partial charge in [-0.3, -0.25) is 4.98 Å². The smallest absolute Gasteiger partial charge is 0.170 e. The Morgan fingerprint density at radius 1 is 1.16 bits per heavy atom. The summed E-state index contributed by atoms with van der Waals surface area (Å²) in [5.74, 6) is 0. The number of thiocarbonyl (C=S) groups is 1. The minimum absolute atomic E-state index is 0.00981. The van der Waals surface area contributed by atoms with E-state index >= 15 is 0 Å². The number of nitrogens with zero attached hydrogens (tertiary/aromatic N) is 3. The van der Waals surface area contributed by atoms with E-state index in [0.717, 1.165) is 33.9 Å². The molecule has 1 saturated heterocycles. The van der Waals surface area contributed by atoms with Crippen LogP contribution in [-0.4, -0.2) is 39.8 Å². The summed E-state index contributed by atoms with van der Waals surface area (Å²) in [4.78, 5) is 6.94. The fraction of sp³-hybridized carbons (Fsp3) is 0.333. The van der Waals surface area contributed by atoms with Gasteiger partial charge in [0.2, 0.25) is 0 Å². The zero-order valence-corrected chi connectivity index (χ0v) is 20.4. The van der Waals surface area contributed by atoms with Crippen molar-refractivity contribution < 1.29 is 4.74 Å². The molecule has 5 nitrogen and oxygen atoms in total. The third-order valence-electron chi connectivity index (χ3n) is 5.83. The Kier molecular flexibility index (Phi) is 6.74. The molecule has 7 heteroatoms. The van der Waals surface area contributed by atoms with Crippen LogP contribution in [0, 0.1) is 13.8 Å².